The molecule has 4 N–H and O–H groups in total. The van der Waals surface area contributed by atoms with Gasteiger partial charge in [-0.1, -0.05) is 15.9 Å². The van der Waals surface area contributed by atoms with Gasteiger partial charge in [-0.3, -0.25) is 4.79 Å². The number of nitrogens with two attached hydrogens (primary N) is 2. The molecule has 0 bridgehead atoms. The lowest BCUT2D eigenvalue weighted by Crippen LogP contribution is -2.14. The summed E-state index contributed by atoms with van der Waals surface area (Å²) in [6.07, 6.45) is 0.216. The maximum atomic E-state index is 10.5. The Morgan fingerprint density at radius 3 is 2.80 bits per heavy atom. The fourth-order valence-electron chi connectivity index (χ4n) is 1.07. The van der Waals surface area contributed by atoms with E-state index < -0.39 is 0 Å². The Hall–Kier alpha value is -1.07. The van der Waals surface area contributed by atoms with Gasteiger partial charge in [-0.15, -0.1) is 0 Å². The molecule has 0 saturated heterocycles. The van der Waals surface area contributed by atoms with Crippen molar-refractivity contribution < 1.29 is 9.53 Å². The summed E-state index contributed by atoms with van der Waals surface area (Å²) in [5.41, 5.74) is 11.5. The molecule has 1 aromatic carbocycles. The molecule has 0 heterocycles. The first kappa shape index (κ1) is 12.0. The summed E-state index contributed by atoms with van der Waals surface area (Å²) in [5, 5.41) is 0. The lowest BCUT2D eigenvalue weighted by molar-refractivity contribution is -0.118. The number of hydrogen-bond donors (Lipinski definition) is 2. The van der Waals surface area contributed by atoms with Crippen LogP contribution in [0, 0.1) is 0 Å². The Balaban J connectivity index is 2.58. The highest BCUT2D eigenvalue weighted by Gasteiger charge is 2.01. The van der Waals surface area contributed by atoms with Gasteiger partial charge in [0, 0.05) is 11.0 Å². The molecular formula is C10H13BrN2O2. The van der Waals surface area contributed by atoms with E-state index in [1.807, 2.05) is 18.2 Å². The zero-order valence-electron chi connectivity index (χ0n) is 8.20. The SMILES string of the molecule is NCc1cc(OCCC(N)=O)ccc1Br. The largest absolute Gasteiger partial charge is 0.493 e. The highest BCUT2D eigenvalue weighted by Crippen LogP contribution is 2.22. The van der Waals surface area contributed by atoms with E-state index in [1.54, 1.807) is 0 Å². The van der Waals surface area contributed by atoms with Gasteiger partial charge < -0.3 is 16.2 Å². The molecule has 0 aliphatic carbocycles. The fourth-order valence-corrected chi connectivity index (χ4v) is 1.48. The molecule has 0 fully saturated rings. The molecular weight excluding hydrogens is 260 g/mol. The lowest BCUT2D eigenvalue weighted by Gasteiger charge is -2.07. The van der Waals surface area contributed by atoms with Crippen LogP contribution in [0.3, 0.4) is 0 Å². The summed E-state index contributed by atoms with van der Waals surface area (Å²) < 4.78 is 6.29. The molecule has 1 amide bonds. The van der Waals surface area contributed by atoms with Crippen LogP contribution >= 0.6 is 15.9 Å². The minimum absolute atomic E-state index is 0.216. The van der Waals surface area contributed by atoms with E-state index in [2.05, 4.69) is 15.9 Å². The molecule has 1 aromatic rings. The van der Waals surface area contributed by atoms with Gasteiger partial charge in [0.25, 0.3) is 0 Å². The molecule has 0 aliphatic rings. The van der Waals surface area contributed by atoms with Crippen molar-refractivity contribution in [2.24, 2.45) is 11.5 Å². The molecule has 0 aromatic heterocycles. The molecule has 0 radical (unpaired) electrons. The fraction of sp³-hybridized carbons (Fsp3) is 0.300. The van der Waals surface area contributed by atoms with Crippen LogP contribution in [0.2, 0.25) is 0 Å². The molecule has 0 aliphatic heterocycles. The van der Waals surface area contributed by atoms with Crippen LogP contribution < -0.4 is 16.2 Å². The number of carbonyl (C=O) groups is 1. The van der Waals surface area contributed by atoms with Gasteiger partial charge in [0.1, 0.15) is 5.75 Å². The van der Waals surface area contributed by atoms with Crippen LogP contribution in [-0.2, 0) is 11.3 Å². The van der Waals surface area contributed by atoms with Gasteiger partial charge in [-0.25, -0.2) is 0 Å². The van der Waals surface area contributed by atoms with Crippen molar-refractivity contribution in [3.63, 3.8) is 0 Å². The summed E-state index contributed by atoms with van der Waals surface area (Å²) >= 11 is 3.37. The molecule has 82 valence electrons. The van der Waals surface area contributed by atoms with E-state index >= 15 is 0 Å². The number of amides is 1. The van der Waals surface area contributed by atoms with Crippen LogP contribution in [0.15, 0.2) is 22.7 Å². The first-order valence-corrected chi connectivity index (χ1v) is 5.32. The number of benzene rings is 1. The second-order valence-electron chi connectivity index (χ2n) is 3.02. The van der Waals surface area contributed by atoms with Gasteiger partial charge in [-0.2, -0.15) is 0 Å². The predicted octanol–water partition coefficient (Wildman–Crippen LogP) is 1.16. The van der Waals surface area contributed by atoms with Crippen molar-refractivity contribution in [2.45, 2.75) is 13.0 Å². The maximum absolute atomic E-state index is 10.5. The average Bonchev–Trinajstić information content (AvgIpc) is 2.20. The summed E-state index contributed by atoms with van der Waals surface area (Å²) in [6, 6.07) is 5.51. The van der Waals surface area contributed by atoms with E-state index in [0.29, 0.717) is 18.9 Å². The number of halogens is 1. The molecule has 0 atom stereocenters. The Bertz CT molecular complexity index is 355. The minimum atomic E-state index is -0.369. The highest BCUT2D eigenvalue weighted by atomic mass is 79.9. The van der Waals surface area contributed by atoms with Crippen LogP contribution in [-0.4, -0.2) is 12.5 Å². The number of carbonyl (C=O) groups excluding carboxylic acids is 1. The third-order valence-corrected chi connectivity index (χ3v) is 2.63. The van der Waals surface area contributed by atoms with Crippen molar-refractivity contribution in [1.29, 1.82) is 0 Å². The maximum Gasteiger partial charge on any atom is 0.220 e. The van der Waals surface area contributed by atoms with Gasteiger partial charge in [0.15, 0.2) is 0 Å². The zero-order chi connectivity index (χ0) is 11.3. The first-order chi connectivity index (χ1) is 7.13. The summed E-state index contributed by atoms with van der Waals surface area (Å²) in [7, 11) is 0. The number of rotatable bonds is 5. The summed E-state index contributed by atoms with van der Waals surface area (Å²) in [4.78, 5) is 10.5. The van der Waals surface area contributed by atoms with E-state index in [9.17, 15) is 4.79 Å². The number of hydrogen-bond acceptors (Lipinski definition) is 3. The average molecular weight is 273 g/mol. The van der Waals surface area contributed by atoms with Gasteiger partial charge in [0.2, 0.25) is 5.91 Å². The second kappa shape index (κ2) is 5.72. The molecule has 0 saturated carbocycles. The topological polar surface area (TPSA) is 78.3 Å². The third kappa shape index (κ3) is 3.89. The van der Waals surface area contributed by atoms with Crippen molar-refractivity contribution in [3.05, 3.63) is 28.2 Å². The molecule has 15 heavy (non-hydrogen) atoms. The summed E-state index contributed by atoms with van der Waals surface area (Å²) in [5.74, 6) is 0.325. The first-order valence-electron chi connectivity index (χ1n) is 4.53. The molecule has 1 rings (SSSR count). The zero-order valence-corrected chi connectivity index (χ0v) is 9.79. The standard InChI is InChI=1S/C10H13BrN2O2/c11-9-2-1-8(5-7(9)6-12)15-4-3-10(13)14/h1-2,5H,3-4,6,12H2,(H2,13,14). The van der Waals surface area contributed by atoms with Gasteiger partial charge >= 0.3 is 0 Å². The smallest absolute Gasteiger partial charge is 0.220 e. The number of primary amides is 1. The van der Waals surface area contributed by atoms with E-state index in [-0.39, 0.29) is 12.3 Å². The predicted molar refractivity (Wildman–Crippen MR) is 61.3 cm³/mol. The van der Waals surface area contributed by atoms with Crippen molar-refractivity contribution in [1.82, 2.24) is 0 Å². The number of ether oxygens (including phenoxy) is 1. The third-order valence-electron chi connectivity index (χ3n) is 1.85. The molecule has 0 unspecified atom stereocenters. The Morgan fingerprint density at radius 2 is 2.20 bits per heavy atom. The Kier molecular flexibility index (Phi) is 4.58. The highest BCUT2D eigenvalue weighted by molar-refractivity contribution is 9.10. The van der Waals surface area contributed by atoms with Crippen molar-refractivity contribution in [2.75, 3.05) is 6.61 Å². The summed E-state index contributed by atoms with van der Waals surface area (Å²) in [6.45, 7) is 0.731. The Labute approximate surface area is 96.7 Å². The van der Waals surface area contributed by atoms with Crippen molar-refractivity contribution >= 4 is 21.8 Å². The van der Waals surface area contributed by atoms with Gasteiger partial charge in [0.05, 0.1) is 13.0 Å². The van der Waals surface area contributed by atoms with Crippen LogP contribution in [0.4, 0.5) is 0 Å². The van der Waals surface area contributed by atoms with E-state index in [4.69, 9.17) is 16.2 Å². The molecule has 5 heteroatoms. The van der Waals surface area contributed by atoms with Crippen LogP contribution in [0.5, 0.6) is 5.75 Å². The van der Waals surface area contributed by atoms with Crippen LogP contribution in [0.1, 0.15) is 12.0 Å². The normalized spacial score (nSPS) is 10.0. The molecule has 4 nitrogen and oxygen atoms in total. The monoisotopic (exact) mass is 272 g/mol. The second-order valence-corrected chi connectivity index (χ2v) is 3.88. The van der Waals surface area contributed by atoms with E-state index in [1.165, 1.54) is 0 Å². The Morgan fingerprint density at radius 1 is 1.47 bits per heavy atom. The van der Waals surface area contributed by atoms with Crippen molar-refractivity contribution in [3.8, 4) is 5.75 Å². The van der Waals surface area contributed by atoms with Gasteiger partial charge in [-0.05, 0) is 23.8 Å². The quantitative estimate of drug-likeness (QED) is 0.845. The van der Waals surface area contributed by atoms with E-state index in [0.717, 1.165) is 10.0 Å². The molecule has 0 spiro atoms. The lowest BCUT2D eigenvalue weighted by atomic mass is 10.2. The minimum Gasteiger partial charge on any atom is -0.493 e. The van der Waals surface area contributed by atoms with Crippen LogP contribution in [0.25, 0.3) is 0 Å².